The van der Waals surface area contributed by atoms with Crippen LogP contribution in [0.25, 0.3) is 0 Å². The standard InChI is InChI=1S/C16H33NO/c1-4-6-7-9-12-15(18)16(3,5-2)17-13-10-8-11-14-17/h15,18H,4-14H2,1-3H3. The maximum absolute atomic E-state index is 10.6. The summed E-state index contributed by atoms with van der Waals surface area (Å²) in [4.78, 5) is 2.54. The lowest BCUT2D eigenvalue weighted by atomic mass is 9.85. The Labute approximate surface area is 114 Å². The third-order valence-electron chi connectivity index (χ3n) is 4.84. The van der Waals surface area contributed by atoms with E-state index in [1.807, 2.05) is 0 Å². The molecule has 2 nitrogen and oxygen atoms in total. The molecule has 1 N–H and O–H groups in total. The second-order valence-electron chi connectivity index (χ2n) is 6.12. The van der Waals surface area contributed by atoms with Crippen molar-refractivity contribution >= 4 is 0 Å². The Morgan fingerprint density at radius 2 is 1.72 bits per heavy atom. The molecule has 0 bridgehead atoms. The molecule has 1 heterocycles. The fraction of sp³-hybridized carbons (Fsp3) is 1.00. The Bertz CT molecular complexity index is 213. The fourth-order valence-corrected chi connectivity index (χ4v) is 3.15. The summed E-state index contributed by atoms with van der Waals surface area (Å²) in [5, 5.41) is 10.6. The van der Waals surface area contributed by atoms with Crippen LogP contribution in [0.3, 0.4) is 0 Å². The third-order valence-corrected chi connectivity index (χ3v) is 4.84. The monoisotopic (exact) mass is 255 g/mol. The van der Waals surface area contributed by atoms with Crippen molar-refractivity contribution in [2.24, 2.45) is 0 Å². The predicted molar refractivity (Wildman–Crippen MR) is 78.9 cm³/mol. The first-order valence-corrected chi connectivity index (χ1v) is 8.08. The maximum Gasteiger partial charge on any atom is 0.0721 e. The van der Waals surface area contributed by atoms with Crippen LogP contribution in [0.2, 0.25) is 0 Å². The van der Waals surface area contributed by atoms with E-state index in [4.69, 9.17) is 0 Å². The number of unbranched alkanes of at least 4 members (excludes halogenated alkanes) is 3. The van der Waals surface area contributed by atoms with E-state index in [0.717, 1.165) is 12.8 Å². The maximum atomic E-state index is 10.6. The molecule has 0 amide bonds. The Morgan fingerprint density at radius 3 is 2.28 bits per heavy atom. The van der Waals surface area contributed by atoms with Gasteiger partial charge in [0.1, 0.15) is 0 Å². The molecule has 108 valence electrons. The molecular formula is C16H33NO. The smallest absolute Gasteiger partial charge is 0.0721 e. The summed E-state index contributed by atoms with van der Waals surface area (Å²) >= 11 is 0. The minimum absolute atomic E-state index is 0.00658. The number of rotatable bonds is 8. The van der Waals surface area contributed by atoms with Crippen LogP contribution in [0.4, 0.5) is 0 Å². The molecular weight excluding hydrogens is 222 g/mol. The molecule has 2 atom stereocenters. The van der Waals surface area contributed by atoms with Gasteiger partial charge >= 0.3 is 0 Å². The van der Waals surface area contributed by atoms with Crippen LogP contribution in [-0.2, 0) is 0 Å². The number of nitrogens with zero attached hydrogens (tertiary/aromatic N) is 1. The van der Waals surface area contributed by atoms with Crippen LogP contribution in [-0.4, -0.2) is 34.7 Å². The fourth-order valence-electron chi connectivity index (χ4n) is 3.15. The minimum atomic E-state index is -0.155. The second-order valence-corrected chi connectivity index (χ2v) is 6.12. The molecule has 0 aromatic rings. The molecule has 0 saturated carbocycles. The number of likely N-dealkylation sites (tertiary alicyclic amines) is 1. The molecule has 1 saturated heterocycles. The number of aliphatic hydroxyl groups is 1. The molecule has 1 fully saturated rings. The first-order chi connectivity index (χ1) is 8.65. The molecule has 1 aliphatic heterocycles. The molecule has 0 aromatic carbocycles. The molecule has 18 heavy (non-hydrogen) atoms. The number of hydrogen-bond acceptors (Lipinski definition) is 2. The Hall–Kier alpha value is -0.0800. The zero-order chi connectivity index (χ0) is 13.4. The van der Waals surface area contributed by atoms with Gasteiger partial charge in [0.05, 0.1) is 6.10 Å². The van der Waals surface area contributed by atoms with E-state index in [-0.39, 0.29) is 11.6 Å². The second kappa shape index (κ2) is 8.16. The molecule has 1 aliphatic rings. The van der Waals surface area contributed by atoms with Crippen LogP contribution in [0.5, 0.6) is 0 Å². The highest BCUT2D eigenvalue weighted by molar-refractivity contribution is 4.93. The van der Waals surface area contributed by atoms with Gasteiger partial charge < -0.3 is 5.11 Å². The van der Waals surface area contributed by atoms with Gasteiger partial charge in [-0.05, 0) is 45.7 Å². The van der Waals surface area contributed by atoms with Crippen LogP contribution < -0.4 is 0 Å². The first kappa shape index (κ1) is 16.0. The van der Waals surface area contributed by atoms with Gasteiger partial charge in [0.2, 0.25) is 0 Å². The van der Waals surface area contributed by atoms with E-state index in [0.29, 0.717) is 0 Å². The Balaban J connectivity index is 2.45. The van der Waals surface area contributed by atoms with Crippen LogP contribution in [0.15, 0.2) is 0 Å². The molecule has 2 unspecified atom stereocenters. The molecule has 2 heteroatoms. The number of aliphatic hydroxyl groups excluding tert-OH is 1. The van der Waals surface area contributed by atoms with Crippen molar-refractivity contribution in [3.8, 4) is 0 Å². The van der Waals surface area contributed by atoms with Gasteiger partial charge in [-0.3, -0.25) is 4.90 Å². The lowest BCUT2D eigenvalue weighted by Gasteiger charge is -2.46. The van der Waals surface area contributed by atoms with Gasteiger partial charge in [-0.15, -0.1) is 0 Å². The van der Waals surface area contributed by atoms with Crippen LogP contribution >= 0.6 is 0 Å². The van der Waals surface area contributed by atoms with Crippen molar-refractivity contribution in [1.82, 2.24) is 4.90 Å². The van der Waals surface area contributed by atoms with E-state index in [2.05, 4.69) is 25.7 Å². The SMILES string of the molecule is CCCCCCC(O)C(C)(CC)N1CCCCC1. The van der Waals surface area contributed by atoms with Crippen LogP contribution in [0.1, 0.15) is 78.6 Å². The van der Waals surface area contributed by atoms with Crippen molar-refractivity contribution in [3.63, 3.8) is 0 Å². The summed E-state index contributed by atoms with van der Waals surface area (Å²) in [6.45, 7) is 9.08. The molecule has 0 aromatic heterocycles. The van der Waals surface area contributed by atoms with E-state index in [1.165, 1.54) is 58.0 Å². The normalized spacial score (nSPS) is 22.7. The summed E-state index contributed by atoms with van der Waals surface area (Å²) in [5.41, 5.74) is 0.00658. The lowest BCUT2D eigenvalue weighted by molar-refractivity contribution is -0.0379. The molecule has 0 spiro atoms. The summed E-state index contributed by atoms with van der Waals surface area (Å²) < 4.78 is 0. The van der Waals surface area contributed by atoms with Gasteiger partial charge in [0.15, 0.2) is 0 Å². The van der Waals surface area contributed by atoms with Crippen LogP contribution in [0, 0.1) is 0 Å². The largest absolute Gasteiger partial charge is 0.391 e. The Morgan fingerprint density at radius 1 is 1.06 bits per heavy atom. The van der Waals surface area contributed by atoms with E-state index < -0.39 is 0 Å². The topological polar surface area (TPSA) is 23.5 Å². The lowest BCUT2D eigenvalue weighted by Crippen LogP contribution is -2.55. The zero-order valence-electron chi connectivity index (χ0n) is 12.7. The number of piperidine rings is 1. The van der Waals surface area contributed by atoms with Crippen molar-refractivity contribution in [1.29, 1.82) is 0 Å². The quantitative estimate of drug-likeness (QED) is 0.663. The van der Waals surface area contributed by atoms with Gasteiger partial charge in [0.25, 0.3) is 0 Å². The molecule has 0 radical (unpaired) electrons. The average molecular weight is 255 g/mol. The molecule has 0 aliphatic carbocycles. The summed E-state index contributed by atoms with van der Waals surface area (Å²) in [5.74, 6) is 0. The van der Waals surface area contributed by atoms with E-state index in [1.54, 1.807) is 0 Å². The van der Waals surface area contributed by atoms with Crippen molar-refractivity contribution in [2.75, 3.05) is 13.1 Å². The minimum Gasteiger partial charge on any atom is -0.391 e. The van der Waals surface area contributed by atoms with Crippen molar-refractivity contribution in [3.05, 3.63) is 0 Å². The average Bonchev–Trinajstić information content (AvgIpc) is 2.43. The zero-order valence-corrected chi connectivity index (χ0v) is 12.7. The van der Waals surface area contributed by atoms with Gasteiger partial charge in [-0.2, -0.15) is 0 Å². The summed E-state index contributed by atoms with van der Waals surface area (Å²) in [6, 6.07) is 0. The Kier molecular flexibility index (Phi) is 7.25. The summed E-state index contributed by atoms with van der Waals surface area (Å²) in [7, 11) is 0. The van der Waals surface area contributed by atoms with Crippen molar-refractivity contribution < 1.29 is 5.11 Å². The van der Waals surface area contributed by atoms with E-state index >= 15 is 0 Å². The van der Waals surface area contributed by atoms with Gasteiger partial charge in [0, 0.05) is 5.54 Å². The van der Waals surface area contributed by atoms with Gasteiger partial charge in [-0.25, -0.2) is 0 Å². The highest BCUT2D eigenvalue weighted by Gasteiger charge is 2.37. The van der Waals surface area contributed by atoms with Gasteiger partial charge in [-0.1, -0.05) is 46.0 Å². The number of hydrogen-bond donors (Lipinski definition) is 1. The van der Waals surface area contributed by atoms with E-state index in [9.17, 15) is 5.11 Å². The molecule has 1 rings (SSSR count). The summed E-state index contributed by atoms with van der Waals surface area (Å²) in [6.07, 6.45) is 10.9. The first-order valence-electron chi connectivity index (χ1n) is 8.08. The highest BCUT2D eigenvalue weighted by atomic mass is 16.3. The predicted octanol–water partition coefficient (Wildman–Crippen LogP) is 3.97. The van der Waals surface area contributed by atoms with Crippen molar-refractivity contribution in [2.45, 2.75) is 90.2 Å². The third kappa shape index (κ3) is 4.24. The highest BCUT2D eigenvalue weighted by Crippen LogP contribution is 2.29.